The van der Waals surface area contributed by atoms with E-state index in [-0.39, 0.29) is 12.1 Å². The van der Waals surface area contributed by atoms with Crippen LogP contribution >= 0.6 is 11.3 Å². The average Bonchev–Trinajstić information content (AvgIpc) is 2.88. The smallest absolute Gasteiger partial charge is 0.347 e. The first kappa shape index (κ1) is 14.5. The molecule has 0 spiro atoms. The van der Waals surface area contributed by atoms with E-state index < -0.39 is 23.5 Å². The van der Waals surface area contributed by atoms with Gasteiger partial charge in [0.2, 0.25) is 0 Å². The molecule has 1 N–H and O–H groups in total. The van der Waals surface area contributed by atoms with Crippen LogP contribution in [0.3, 0.4) is 0 Å². The van der Waals surface area contributed by atoms with Crippen LogP contribution in [0.1, 0.15) is 20.8 Å². The van der Waals surface area contributed by atoms with Crippen LogP contribution in [0, 0.1) is 5.82 Å². The Labute approximate surface area is 116 Å². The summed E-state index contributed by atoms with van der Waals surface area (Å²) in [6.07, 6.45) is -4.83. The number of benzene rings is 1. The van der Waals surface area contributed by atoms with E-state index in [0.29, 0.717) is 12.1 Å². The highest BCUT2D eigenvalue weighted by molar-refractivity contribution is 7.09. The molecule has 0 radical (unpaired) electrons. The van der Waals surface area contributed by atoms with Crippen LogP contribution in [0.25, 0.3) is 0 Å². The molecule has 0 fully saturated rings. The minimum atomic E-state index is -4.83. The first-order valence-electron chi connectivity index (χ1n) is 5.55. The van der Waals surface area contributed by atoms with Gasteiger partial charge in [0.25, 0.3) is 5.91 Å². The van der Waals surface area contributed by atoms with Crippen molar-refractivity contribution in [2.45, 2.75) is 12.7 Å². The van der Waals surface area contributed by atoms with Gasteiger partial charge in [-0.1, -0.05) is 6.07 Å². The molecule has 1 aromatic carbocycles. The van der Waals surface area contributed by atoms with Crippen LogP contribution in [0.15, 0.2) is 35.7 Å². The predicted molar refractivity (Wildman–Crippen MR) is 66.9 cm³/mol. The Morgan fingerprint density at radius 3 is 2.60 bits per heavy atom. The molecule has 2 rings (SSSR count). The fourth-order valence-electron chi connectivity index (χ4n) is 1.57. The standard InChI is InChI=1S/C13H9F4NOS/c14-11-4-3-8(6-10(11)13(15,16)17)12(19)18-7-9-2-1-5-20-9/h1-6H,7H2,(H,18,19). The Morgan fingerprint density at radius 1 is 1.25 bits per heavy atom. The Morgan fingerprint density at radius 2 is 2.00 bits per heavy atom. The minimum Gasteiger partial charge on any atom is -0.347 e. The summed E-state index contributed by atoms with van der Waals surface area (Å²) in [6, 6.07) is 5.76. The number of amides is 1. The fourth-order valence-corrected chi connectivity index (χ4v) is 2.21. The van der Waals surface area contributed by atoms with Gasteiger partial charge in [0.1, 0.15) is 5.82 Å². The van der Waals surface area contributed by atoms with E-state index in [1.165, 1.54) is 11.3 Å². The maximum absolute atomic E-state index is 13.1. The summed E-state index contributed by atoms with van der Waals surface area (Å²) >= 11 is 1.42. The van der Waals surface area contributed by atoms with E-state index >= 15 is 0 Å². The van der Waals surface area contributed by atoms with Gasteiger partial charge in [-0.3, -0.25) is 4.79 Å². The molecule has 2 nitrogen and oxygen atoms in total. The third-order valence-electron chi connectivity index (χ3n) is 2.54. The molecule has 0 aliphatic heterocycles. The number of rotatable bonds is 3. The zero-order valence-electron chi connectivity index (χ0n) is 10.00. The van der Waals surface area contributed by atoms with Crippen LogP contribution in [-0.4, -0.2) is 5.91 Å². The molecule has 1 heterocycles. The lowest BCUT2D eigenvalue weighted by Gasteiger charge is -2.10. The largest absolute Gasteiger partial charge is 0.419 e. The zero-order valence-corrected chi connectivity index (χ0v) is 10.8. The molecule has 0 bridgehead atoms. The van der Waals surface area contributed by atoms with E-state index in [2.05, 4.69) is 5.32 Å². The molecule has 7 heteroatoms. The van der Waals surface area contributed by atoms with Gasteiger partial charge >= 0.3 is 6.18 Å². The van der Waals surface area contributed by atoms with Crippen LogP contribution in [0.4, 0.5) is 17.6 Å². The second-order valence-corrected chi connectivity index (χ2v) is 4.99. The van der Waals surface area contributed by atoms with Crippen molar-refractivity contribution in [1.29, 1.82) is 0 Å². The molecule has 0 saturated heterocycles. The summed E-state index contributed by atoms with van der Waals surface area (Å²) in [5.41, 5.74) is -1.67. The SMILES string of the molecule is O=C(NCc1cccs1)c1ccc(F)c(C(F)(F)F)c1. The summed E-state index contributed by atoms with van der Waals surface area (Å²) in [7, 11) is 0. The molecule has 1 amide bonds. The Balaban J connectivity index is 2.14. The van der Waals surface area contributed by atoms with Gasteiger partial charge in [0.05, 0.1) is 12.1 Å². The molecular formula is C13H9F4NOS. The second-order valence-electron chi connectivity index (χ2n) is 3.95. The minimum absolute atomic E-state index is 0.217. The van der Waals surface area contributed by atoms with E-state index in [0.717, 1.165) is 10.9 Å². The molecule has 0 saturated carbocycles. The van der Waals surface area contributed by atoms with Crippen LogP contribution in [0.2, 0.25) is 0 Å². The summed E-state index contributed by atoms with van der Waals surface area (Å²) in [5, 5.41) is 4.30. The maximum Gasteiger partial charge on any atom is 0.419 e. The molecular weight excluding hydrogens is 294 g/mol. The number of nitrogens with one attached hydrogen (secondary N) is 1. The van der Waals surface area contributed by atoms with Crippen LogP contribution < -0.4 is 5.32 Å². The van der Waals surface area contributed by atoms with Gasteiger partial charge in [-0.25, -0.2) is 4.39 Å². The fraction of sp³-hybridized carbons (Fsp3) is 0.154. The number of hydrogen-bond acceptors (Lipinski definition) is 2. The van der Waals surface area contributed by atoms with Crippen molar-refractivity contribution in [2.24, 2.45) is 0 Å². The van der Waals surface area contributed by atoms with E-state index in [1.54, 1.807) is 12.1 Å². The monoisotopic (exact) mass is 303 g/mol. The predicted octanol–water partition coefficient (Wildman–Crippen LogP) is 3.84. The summed E-state index contributed by atoms with van der Waals surface area (Å²) in [4.78, 5) is 12.6. The summed E-state index contributed by atoms with van der Waals surface area (Å²) in [6.45, 7) is 0.217. The number of hydrogen-bond donors (Lipinski definition) is 1. The van der Waals surface area contributed by atoms with Gasteiger partial charge in [0, 0.05) is 10.4 Å². The van der Waals surface area contributed by atoms with Crippen molar-refractivity contribution in [3.05, 3.63) is 57.5 Å². The summed E-state index contributed by atoms with van der Waals surface area (Å²) < 4.78 is 50.7. The first-order valence-corrected chi connectivity index (χ1v) is 6.43. The van der Waals surface area contributed by atoms with Crippen molar-refractivity contribution >= 4 is 17.2 Å². The number of thiophene rings is 1. The Kier molecular flexibility index (Phi) is 4.08. The third kappa shape index (κ3) is 3.36. The normalized spacial score (nSPS) is 11.4. The molecule has 2 aromatic rings. The molecule has 0 unspecified atom stereocenters. The van der Waals surface area contributed by atoms with Gasteiger partial charge in [-0.2, -0.15) is 13.2 Å². The van der Waals surface area contributed by atoms with Crippen molar-refractivity contribution in [1.82, 2.24) is 5.32 Å². The highest BCUT2D eigenvalue weighted by Crippen LogP contribution is 2.31. The molecule has 106 valence electrons. The second kappa shape index (κ2) is 5.62. The van der Waals surface area contributed by atoms with Crippen LogP contribution in [-0.2, 0) is 12.7 Å². The number of carbonyl (C=O) groups is 1. The topological polar surface area (TPSA) is 29.1 Å². The average molecular weight is 303 g/mol. The lowest BCUT2D eigenvalue weighted by atomic mass is 10.1. The highest BCUT2D eigenvalue weighted by atomic mass is 32.1. The number of alkyl halides is 3. The van der Waals surface area contributed by atoms with Gasteiger partial charge in [-0.05, 0) is 29.6 Å². The Hall–Kier alpha value is -1.89. The van der Waals surface area contributed by atoms with Crippen LogP contribution in [0.5, 0.6) is 0 Å². The van der Waals surface area contributed by atoms with Gasteiger partial charge in [-0.15, -0.1) is 11.3 Å². The third-order valence-corrected chi connectivity index (χ3v) is 3.41. The molecule has 1 aromatic heterocycles. The zero-order chi connectivity index (χ0) is 14.8. The quantitative estimate of drug-likeness (QED) is 0.858. The number of carbonyl (C=O) groups excluding carboxylic acids is 1. The van der Waals surface area contributed by atoms with E-state index in [9.17, 15) is 22.4 Å². The van der Waals surface area contributed by atoms with E-state index in [1.807, 2.05) is 5.38 Å². The van der Waals surface area contributed by atoms with E-state index in [4.69, 9.17) is 0 Å². The summed E-state index contributed by atoms with van der Waals surface area (Å²) in [5.74, 6) is -2.07. The molecule has 0 atom stereocenters. The van der Waals surface area contributed by atoms with Crippen molar-refractivity contribution in [3.8, 4) is 0 Å². The van der Waals surface area contributed by atoms with Crippen molar-refractivity contribution in [3.63, 3.8) is 0 Å². The highest BCUT2D eigenvalue weighted by Gasteiger charge is 2.34. The van der Waals surface area contributed by atoms with Gasteiger partial charge in [0.15, 0.2) is 0 Å². The lowest BCUT2D eigenvalue weighted by molar-refractivity contribution is -0.140. The van der Waals surface area contributed by atoms with Crippen molar-refractivity contribution in [2.75, 3.05) is 0 Å². The van der Waals surface area contributed by atoms with Gasteiger partial charge < -0.3 is 5.32 Å². The Bertz CT molecular complexity index is 607. The van der Waals surface area contributed by atoms with Crippen molar-refractivity contribution < 1.29 is 22.4 Å². The number of halogens is 4. The molecule has 0 aliphatic rings. The maximum atomic E-state index is 13.1. The molecule has 0 aliphatic carbocycles. The lowest BCUT2D eigenvalue weighted by Crippen LogP contribution is -2.23. The molecule has 20 heavy (non-hydrogen) atoms. The first-order chi connectivity index (χ1) is 9.38.